The zero-order valence-corrected chi connectivity index (χ0v) is 6.45. The van der Waals surface area contributed by atoms with Gasteiger partial charge in [0.2, 0.25) is 0 Å². The van der Waals surface area contributed by atoms with Gasteiger partial charge in [-0.25, -0.2) is 0 Å². The first kappa shape index (κ1) is 6.93. The Morgan fingerprint density at radius 2 is 2.17 bits per heavy atom. The topological polar surface area (TPSA) is 33.0 Å². The van der Waals surface area contributed by atoms with Gasteiger partial charge in [-0.05, 0) is 18.2 Å². The molecule has 0 atom stereocenters. The van der Waals surface area contributed by atoms with Crippen molar-refractivity contribution >= 4 is 5.57 Å². The van der Waals surface area contributed by atoms with Crippen molar-refractivity contribution in [3.05, 3.63) is 35.9 Å². The van der Waals surface area contributed by atoms with Crippen LogP contribution in [0.2, 0.25) is 0 Å². The average Bonchev–Trinajstić information content (AvgIpc) is 2.17. The van der Waals surface area contributed by atoms with Crippen LogP contribution in [0.25, 0.3) is 5.57 Å². The molecule has 12 heavy (non-hydrogen) atoms. The van der Waals surface area contributed by atoms with Gasteiger partial charge in [-0.2, -0.15) is 5.26 Å². The number of allylic oxidation sites excluding steroid dienone is 1. The maximum atomic E-state index is 8.76. The lowest BCUT2D eigenvalue weighted by atomic mass is 10.0. The van der Waals surface area contributed by atoms with Gasteiger partial charge in [-0.1, -0.05) is 12.1 Å². The molecule has 0 aromatic heterocycles. The first-order valence-electron chi connectivity index (χ1n) is 3.74. The second kappa shape index (κ2) is 2.71. The minimum atomic E-state index is 0.500. The van der Waals surface area contributed by atoms with Gasteiger partial charge in [-0.3, -0.25) is 0 Å². The molecule has 0 N–H and O–H groups in total. The van der Waals surface area contributed by atoms with Crippen molar-refractivity contribution in [1.29, 1.82) is 5.26 Å². The van der Waals surface area contributed by atoms with Gasteiger partial charge in [0.25, 0.3) is 0 Å². The van der Waals surface area contributed by atoms with Crippen LogP contribution in [0, 0.1) is 11.3 Å². The summed E-state index contributed by atoms with van der Waals surface area (Å²) in [5, 5.41) is 8.76. The van der Waals surface area contributed by atoms with Crippen LogP contribution in [0.3, 0.4) is 0 Å². The van der Waals surface area contributed by atoms with Crippen LogP contribution in [0.15, 0.2) is 30.3 Å². The molecular weight excluding hydrogens is 150 g/mol. The van der Waals surface area contributed by atoms with E-state index in [-0.39, 0.29) is 0 Å². The SMILES string of the molecule is N#CC1=CCOc2ccccc21. The summed E-state index contributed by atoms with van der Waals surface area (Å²) in [7, 11) is 0. The number of para-hydroxylation sites is 1. The minimum Gasteiger partial charge on any atom is -0.489 e. The minimum absolute atomic E-state index is 0.500. The standard InChI is InChI=1S/C10H7NO/c11-7-8-5-6-12-10-4-2-1-3-9(8)10/h1-5H,6H2. The Kier molecular flexibility index (Phi) is 1.56. The van der Waals surface area contributed by atoms with Gasteiger partial charge in [0.15, 0.2) is 0 Å². The first-order valence-corrected chi connectivity index (χ1v) is 3.74. The third kappa shape index (κ3) is 0.960. The summed E-state index contributed by atoms with van der Waals surface area (Å²) in [5.74, 6) is 0.802. The number of fused-ring (bicyclic) bond motifs is 1. The Labute approximate surface area is 70.7 Å². The third-order valence-corrected chi connectivity index (χ3v) is 1.82. The van der Waals surface area contributed by atoms with E-state index in [0.29, 0.717) is 12.2 Å². The second-order valence-corrected chi connectivity index (χ2v) is 2.54. The van der Waals surface area contributed by atoms with Gasteiger partial charge < -0.3 is 4.74 Å². The van der Waals surface area contributed by atoms with Crippen molar-refractivity contribution in [2.45, 2.75) is 0 Å². The molecule has 0 saturated carbocycles. The number of hydrogen-bond acceptors (Lipinski definition) is 2. The number of ether oxygens (including phenoxy) is 1. The van der Waals surface area contributed by atoms with E-state index in [1.807, 2.05) is 24.3 Å². The molecule has 58 valence electrons. The number of nitrogens with zero attached hydrogens (tertiary/aromatic N) is 1. The molecule has 0 fully saturated rings. The molecule has 1 aromatic rings. The van der Waals surface area contributed by atoms with E-state index >= 15 is 0 Å². The first-order chi connectivity index (χ1) is 5.92. The van der Waals surface area contributed by atoms with Crippen molar-refractivity contribution in [2.75, 3.05) is 6.61 Å². The van der Waals surface area contributed by atoms with E-state index in [9.17, 15) is 0 Å². The Morgan fingerprint density at radius 1 is 1.33 bits per heavy atom. The van der Waals surface area contributed by atoms with Crippen molar-refractivity contribution in [1.82, 2.24) is 0 Å². The molecule has 2 rings (SSSR count). The van der Waals surface area contributed by atoms with E-state index in [4.69, 9.17) is 10.00 Å². The fraction of sp³-hybridized carbons (Fsp3) is 0.100. The number of hydrogen-bond donors (Lipinski definition) is 0. The Balaban J connectivity index is 2.57. The van der Waals surface area contributed by atoms with Crippen LogP contribution in [0.5, 0.6) is 5.75 Å². The molecule has 0 saturated heterocycles. The summed E-state index contributed by atoms with van der Waals surface area (Å²) >= 11 is 0. The zero-order chi connectivity index (χ0) is 8.39. The number of benzene rings is 1. The van der Waals surface area contributed by atoms with E-state index in [1.165, 1.54) is 0 Å². The van der Waals surface area contributed by atoms with Gasteiger partial charge >= 0.3 is 0 Å². The molecule has 0 unspecified atom stereocenters. The van der Waals surface area contributed by atoms with E-state index in [1.54, 1.807) is 6.08 Å². The number of rotatable bonds is 0. The van der Waals surface area contributed by atoms with Gasteiger partial charge in [-0.15, -0.1) is 0 Å². The monoisotopic (exact) mass is 157 g/mol. The molecule has 1 heterocycles. The summed E-state index contributed by atoms with van der Waals surface area (Å²) < 4.78 is 5.33. The quantitative estimate of drug-likeness (QED) is 0.577. The molecule has 0 spiro atoms. The van der Waals surface area contributed by atoms with Crippen molar-refractivity contribution < 1.29 is 4.74 Å². The predicted octanol–water partition coefficient (Wildman–Crippen LogP) is 1.99. The third-order valence-electron chi connectivity index (χ3n) is 1.82. The van der Waals surface area contributed by atoms with Crippen LogP contribution < -0.4 is 4.74 Å². The van der Waals surface area contributed by atoms with Crippen molar-refractivity contribution in [2.24, 2.45) is 0 Å². The fourth-order valence-corrected chi connectivity index (χ4v) is 1.25. The highest BCUT2D eigenvalue weighted by Crippen LogP contribution is 2.28. The van der Waals surface area contributed by atoms with Gasteiger partial charge in [0.1, 0.15) is 12.4 Å². The second-order valence-electron chi connectivity index (χ2n) is 2.54. The summed E-state index contributed by atoms with van der Waals surface area (Å²) in [6, 6.07) is 9.71. The number of nitriles is 1. The smallest absolute Gasteiger partial charge is 0.128 e. The molecule has 1 aliphatic heterocycles. The lowest BCUT2D eigenvalue weighted by Gasteiger charge is -2.13. The Morgan fingerprint density at radius 3 is 3.00 bits per heavy atom. The molecular formula is C10H7NO. The van der Waals surface area contributed by atoms with Crippen molar-refractivity contribution in [3.63, 3.8) is 0 Å². The van der Waals surface area contributed by atoms with E-state index < -0.39 is 0 Å². The Hall–Kier alpha value is -1.75. The lowest BCUT2D eigenvalue weighted by Crippen LogP contribution is -2.03. The van der Waals surface area contributed by atoms with Crippen LogP contribution in [-0.4, -0.2) is 6.61 Å². The summed E-state index contributed by atoms with van der Waals surface area (Å²) in [6.45, 7) is 0.500. The van der Waals surface area contributed by atoms with Crippen LogP contribution in [0.1, 0.15) is 5.56 Å². The summed E-state index contributed by atoms with van der Waals surface area (Å²) in [5.41, 5.74) is 1.60. The summed E-state index contributed by atoms with van der Waals surface area (Å²) in [6.07, 6.45) is 1.79. The molecule has 0 aliphatic carbocycles. The van der Waals surface area contributed by atoms with Crippen LogP contribution in [-0.2, 0) is 0 Å². The molecule has 0 amide bonds. The summed E-state index contributed by atoms with van der Waals surface area (Å²) in [4.78, 5) is 0. The van der Waals surface area contributed by atoms with Crippen molar-refractivity contribution in [3.8, 4) is 11.8 Å². The predicted molar refractivity (Wildman–Crippen MR) is 45.5 cm³/mol. The Bertz CT molecular complexity index is 374. The van der Waals surface area contributed by atoms with E-state index in [2.05, 4.69) is 6.07 Å². The highest BCUT2D eigenvalue weighted by atomic mass is 16.5. The zero-order valence-electron chi connectivity index (χ0n) is 6.45. The fourth-order valence-electron chi connectivity index (χ4n) is 1.25. The van der Waals surface area contributed by atoms with Crippen LogP contribution >= 0.6 is 0 Å². The maximum Gasteiger partial charge on any atom is 0.128 e. The highest BCUT2D eigenvalue weighted by Gasteiger charge is 2.11. The molecule has 1 aromatic carbocycles. The molecule has 0 radical (unpaired) electrons. The lowest BCUT2D eigenvalue weighted by molar-refractivity contribution is 0.358. The molecule has 1 aliphatic rings. The van der Waals surface area contributed by atoms with E-state index in [0.717, 1.165) is 11.3 Å². The largest absolute Gasteiger partial charge is 0.489 e. The van der Waals surface area contributed by atoms with Gasteiger partial charge in [0, 0.05) is 5.56 Å². The molecule has 0 bridgehead atoms. The highest BCUT2D eigenvalue weighted by molar-refractivity contribution is 5.81. The normalized spacial score (nSPS) is 13.8. The molecule has 2 heteroatoms. The average molecular weight is 157 g/mol. The van der Waals surface area contributed by atoms with Crippen LogP contribution in [0.4, 0.5) is 0 Å². The molecule has 2 nitrogen and oxygen atoms in total. The maximum absolute atomic E-state index is 8.76. The van der Waals surface area contributed by atoms with Gasteiger partial charge in [0.05, 0.1) is 11.6 Å².